The van der Waals surface area contributed by atoms with Crippen LogP contribution in [-0.2, 0) is 25.5 Å². The van der Waals surface area contributed by atoms with Crippen LogP contribution in [0.15, 0.2) is 59.5 Å². The minimum atomic E-state index is -0.498. The molecule has 158 valence electrons. The topological polar surface area (TPSA) is 66.9 Å². The Morgan fingerprint density at radius 2 is 1.71 bits per heavy atom. The maximum absolute atomic E-state index is 13.3. The van der Waals surface area contributed by atoms with E-state index in [9.17, 15) is 14.4 Å². The lowest BCUT2D eigenvalue weighted by atomic mass is 10.1. The number of amides is 2. The summed E-state index contributed by atoms with van der Waals surface area (Å²) in [5, 5.41) is 0. The summed E-state index contributed by atoms with van der Waals surface area (Å²) in [5.41, 5.74) is 2.61. The molecule has 0 aromatic heterocycles. The van der Waals surface area contributed by atoms with Gasteiger partial charge in [-0.2, -0.15) is 0 Å². The zero-order valence-electron chi connectivity index (χ0n) is 16.9. The molecule has 0 atom stereocenters. The number of carbonyl (C=O) groups is 3. The van der Waals surface area contributed by atoms with Gasteiger partial charge in [0.15, 0.2) is 0 Å². The lowest BCUT2D eigenvalue weighted by Crippen LogP contribution is -2.34. The summed E-state index contributed by atoms with van der Waals surface area (Å²) in [7, 11) is 0. The van der Waals surface area contributed by atoms with Gasteiger partial charge in [0, 0.05) is 12.1 Å². The van der Waals surface area contributed by atoms with Crippen LogP contribution >= 0.6 is 24.0 Å². The molecule has 0 radical (unpaired) electrons. The maximum atomic E-state index is 13.3. The van der Waals surface area contributed by atoms with Crippen LogP contribution in [0.25, 0.3) is 5.57 Å². The van der Waals surface area contributed by atoms with E-state index in [0.717, 1.165) is 17.3 Å². The molecular weight excluding hydrogens is 432 g/mol. The van der Waals surface area contributed by atoms with E-state index >= 15 is 0 Å². The first kappa shape index (κ1) is 21.3. The molecule has 2 amide bonds. The second-order valence-corrected chi connectivity index (χ2v) is 8.62. The van der Waals surface area contributed by atoms with Gasteiger partial charge in [0.1, 0.15) is 10.9 Å². The van der Waals surface area contributed by atoms with Gasteiger partial charge in [-0.25, -0.2) is 0 Å². The molecule has 2 aliphatic heterocycles. The molecule has 0 spiro atoms. The number of benzene rings is 2. The number of esters is 1. The van der Waals surface area contributed by atoms with E-state index in [-0.39, 0.29) is 19.1 Å². The van der Waals surface area contributed by atoms with Crippen LogP contribution in [0.5, 0.6) is 0 Å². The smallest absolute Gasteiger partial charge is 0.326 e. The van der Waals surface area contributed by atoms with Crippen molar-refractivity contribution in [3.05, 3.63) is 70.6 Å². The summed E-state index contributed by atoms with van der Waals surface area (Å²) in [6, 6.07) is 17.0. The number of nitrogens with zero attached hydrogens (tertiary/aromatic N) is 2. The van der Waals surface area contributed by atoms with Gasteiger partial charge in [-0.1, -0.05) is 72.5 Å². The third-order valence-corrected chi connectivity index (χ3v) is 6.51. The Kier molecular flexibility index (Phi) is 6.20. The van der Waals surface area contributed by atoms with Crippen LogP contribution in [0.1, 0.15) is 18.1 Å². The summed E-state index contributed by atoms with van der Waals surface area (Å²) < 4.78 is 5.44. The quantitative estimate of drug-likeness (QED) is 0.380. The highest BCUT2D eigenvalue weighted by Crippen LogP contribution is 2.44. The minimum absolute atomic E-state index is 0.207. The molecule has 31 heavy (non-hydrogen) atoms. The zero-order chi connectivity index (χ0) is 22.0. The Morgan fingerprint density at radius 1 is 1.00 bits per heavy atom. The van der Waals surface area contributed by atoms with Gasteiger partial charge in [0.05, 0.1) is 22.8 Å². The van der Waals surface area contributed by atoms with Crippen molar-refractivity contribution in [1.29, 1.82) is 0 Å². The molecule has 6 nitrogen and oxygen atoms in total. The van der Waals surface area contributed by atoms with Crippen molar-refractivity contribution < 1.29 is 19.1 Å². The van der Waals surface area contributed by atoms with Crippen molar-refractivity contribution in [3.63, 3.8) is 0 Å². The van der Waals surface area contributed by atoms with Gasteiger partial charge < -0.3 is 4.74 Å². The van der Waals surface area contributed by atoms with Gasteiger partial charge in [0.25, 0.3) is 11.8 Å². The number of carbonyl (C=O) groups excluding carboxylic acids is 3. The van der Waals surface area contributed by atoms with E-state index in [1.807, 2.05) is 30.3 Å². The molecule has 0 unspecified atom stereocenters. The standard InChI is InChI=1S/C23H20N2O4S2/c1-2-29-18(26)14-25-17-11-7-6-10-16(17)19(21(25)27)20-22(28)24(23(30)31-20)13-12-15-8-4-3-5-9-15/h3-11H,2,12-14H2,1H3/b20-19+. The predicted molar refractivity (Wildman–Crippen MR) is 124 cm³/mol. The van der Waals surface area contributed by atoms with Crippen LogP contribution < -0.4 is 4.90 Å². The summed E-state index contributed by atoms with van der Waals surface area (Å²) in [6.07, 6.45) is 0.662. The molecule has 0 N–H and O–H groups in total. The molecule has 0 aliphatic carbocycles. The molecule has 0 saturated carbocycles. The van der Waals surface area contributed by atoms with Crippen molar-refractivity contribution in [2.24, 2.45) is 0 Å². The monoisotopic (exact) mass is 452 g/mol. The Labute approximate surface area is 189 Å². The van der Waals surface area contributed by atoms with Crippen LogP contribution in [-0.4, -0.2) is 46.7 Å². The van der Waals surface area contributed by atoms with E-state index in [2.05, 4.69) is 0 Å². The first-order valence-electron chi connectivity index (χ1n) is 9.90. The third-order valence-electron chi connectivity index (χ3n) is 5.06. The number of thioether (sulfide) groups is 1. The van der Waals surface area contributed by atoms with Crippen molar-refractivity contribution in [3.8, 4) is 0 Å². The van der Waals surface area contributed by atoms with E-state index in [0.29, 0.717) is 39.0 Å². The molecule has 1 saturated heterocycles. The molecule has 2 aliphatic rings. The average Bonchev–Trinajstić information content (AvgIpc) is 3.20. The highest BCUT2D eigenvalue weighted by atomic mass is 32.2. The summed E-state index contributed by atoms with van der Waals surface area (Å²) >= 11 is 6.59. The number of anilines is 1. The first-order chi connectivity index (χ1) is 15.0. The van der Waals surface area contributed by atoms with Gasteiger partial charge in [-0.15, -0.1) is 0 Å². The second-order valence-electron chi connectivity index (χ2n) is 6.98. The summed E-state index contributed by atoms with van der Waals surface area (Å²) in [6.45, 7) is 2.18. The average molecular weight is 453 g/mol. The van der Waals surface area contributed by atoms with E-state index in [4.69, 9.17) is 17.0 Å². The normalized spacial score (nSPS) is 18.0. The number of rotatable bonds is 6. The minimum Gasteiger partial charge on any atom is -0.465 e. The number of thiocarbonyl (C=S) groups is 1. The van der Waals surface area contributed by atoms with Crippen LogP contribution in [0, 0.1) is 0 Å². The summed E-state index contributed by atoms with van der Waals surface area (Å²) in [5.74, 6) is -1.16. The van der Waals surface area contributed by atoms with Gasteiger partial charge in [0.2, 0.25) is 0 Å². The Morgan fingerprint density at radius 3 is 2.45 bits per heavy atom. The zero-order valence-corrected chi connectivity index (χ0v) is 18.5. The molecule has 0 bridgehead atoms. The molecule has 8 heteroatoms. The number of para-hydroxylation sites is 1. The van der Waals surface area contributed by atoms with Gasteiger partial charge in [-0.3, -0.25) is 24.2 Å². The number of fused-ring (bicyclic) bond motifs is 1. The number of hydrogen-bond donors (Lipinski definition) is 0. The second kappa shape index (κ2) is 9.03. The molecular formula is C23H20N2O4S2. The van der Waals surface area contributed by atoms with E-state index in [1.165, 1.54) is 4.90 Å². The molecule has 2 heterocycles. The Balaban J connectivity index is 1.63. The molecule has 2 aromatic carbocycles. The van der Waals surface area contributed by atoms with Crippen molar-refractivity contribution in [1.82, 2.24) is 4.90 Å². The SMILES string of the molecule is CCOC(=O)CN1C(=O)/C(=C2/SC(=S)N(CCc3ccccc3)C2=O)c2ccccc21. The van der Waals surface area contributed by atoms with E-state index in [1.54, 1.807) is 36.1 Å². The fraction of sp³-hybridized carbons (Fsp3) is 0.217. The van der Waals surface area contributed by atoms with Crippen molar-refractivity contribution >= 4 is 57.3 Å². The van der Waals surface area contributed by atoms with Crippen molar-refractivity contribution in [2.45, 2.75) is 13.3 Å². The summed E-state index contributed by atoms with van der Waals surface area (Å²) in [4.78, 5) is 41.7. The van der Waals surface area contributed by atoms with Crippen LogP contribution in [0.3, 0.4) is 0 Å². The highest BCUT2D eigenvalue weighted by Gasteiger charge is 2.42. The lowest BCUT2D eigenvalue weighted by molar-refractivity contribution is -0.142. The lowest BCUT2D eigenvalue weighted by Gasteiger charge is -2.15. The fourth-order valence-electron chi connectivity index (χ4n) is 3.62. The number of ether oxygens (including phenoxy) is 1. The fourth-order valence-corrected chi connectivity index (χ4v) is 5.00. The largest absolute Gasteiger partial charge is 0.465 e. The van der Waals surface area contributed by atoms with Crippen molar-refractivity contribution in [2.75, 3.05) is 24.6 Å². The Bertz CT molecular complexity index is 1100. The highest BCUT2D eigenvalue weighted by molar-refractivity contribution is 8.26. The van der Waals surface area contributed by atoms with E-state index < -0.39 is 11.9 Å². The Hall–Kier alpha value is -2.97. The molecule has 1 fully saturated rings. The van der Waals surface area contributed by atoms with Crippen LogP contribution in [0.2, 0.25) is 0 Å². The predicted octanol–water partition coefficient (Wildman–Crippen LogP) is 3.41. The van der Waals surface area contributed by atoms with Crippen LogP contribution in [0.4, 0.5) is 5.69 Å². The van der Waals surface area contributed by atoms with Gasteiger partial charge in [-0.05, 0) is 25.0 Å². The molecule has 4 rings (SSSR count). The van der Waals surface area contributed by atoms with Gasteiger partial charge >= 0.3 is 5.97 Å². The third kappa shape index (κ3) is 4.13. The maximum Gasteiger partial charge on any atom is 0.326 e. The molecule has 2 aromatic rings. The number of hydrogen-bond acceptors (Lipinski definition) is 6. The first-order valence-corrected chi connectivity index (χ1v) is 11.1.